The number of nitrogens with one attached hydrogen (secondary N) is 2. The SMILES string of the molecule is NCC1(CC(=O)NCCCN2CCNCC2)CCCCC1. The molecule has 1 aliphatic carbocycles. The van der Waals surface area contributed by atoms with Gasteiger partial charge in [0.05, 0.1) is 0 Å². The van der Waals surface area contributed by atoms with Gasteiger partial charge in [-0.25, -0.2) is 0 Å². The Kier molecular flexibility index (Phi) is 6.93. The molecule has 5 heteroatoms. The van der Waals surface area contributed by atoms with Gasteiger partial charge in [-0.3, -0.25) is 4.79 Å². The molecule has 0 radical (unpaired) electrons. The van der Waals surface area contributed by atoms with Crippen LogP contribution in [0.5, 0.6) is 0 Å². The fraction of sp³-hybridized carbons (Fsp3) is 0.938. The largest absolute Gasteiger partial charge is 0.356 e. The monoisotopic (exact) mass is 296 g/mol. The van der Waals surface area contributed by atoms with E-state index in [0.29, 0.717) is 13.0 Å². The molecule has 1 heterocycles. The van der Waals surface area contributed by atoms with Crippen molar-refractivity contribution in [3.8, 4) is 0 Å². The molecule has 0 bridgehead atoms. The van der Waals surface area contributed by atoms with Crippen molar-refractivity contribution >= 4 is 5.91 Å². The number of piperazine rings is 1. The highest BCUT2D eigenvalue weighted by molar-refractivity contribution is 5.76. The quantitative estimate of drug-likeness (QED) is 0.605. The lowest BCUT2D eigenvalue weighted by Gasteiger charge is -2.35. The Balaban J connectivity index is 1.60. The molecule has 1 saturated heterocycles. The second-order valence-corrected chi connectivity index (χ2v) is 6.74. The molecule has 2 aliphatic rings. The summed E-state index contributed by atoms with van der Waals surface area (Å²) in [4.78, 5) is 14.6. The van der Waals surface area contributed by atoms with Gasteiger partial charge in [-0.05, 0) is 37.8 Å². The lowest BCUT2D eigenvalue weighted by atomic mass is 9.71. The van der Waals surface area contributed by atoms with Gasteiger partial charge >= 0.3 is 0 Å². The van der Waals surface area contributed by atoms with Crippen LogP contribution >= 0.6 is 0 Å². The molecule has 1 saturated carbocycles. The summed E-state index contributed by atoms with van der Waals surface area (Å²) < 4.78 is 0. The molecule has 2 rings (SSSR count). The first-order valence-electron chi connectivity index (χ1n) is 8.64. The van der Waals surface area contributed by atoms with E-state index in [1.54, 1.807) is 0 Å². The normalized spacial score (nSPS) is 22.9. The molecule has 0 aromatic rings. The summed E-state index contributed by atoms with van der Waals surface area (Å²) in [5, 5.41) is 6.45. The molecular weight excluding hydrogens is 264 g/mol. The first-order valence-corrected chi connectivity index (χ1v) is 8.64. The molecular formula is C16H32N4O. The van der Waals surface area contributed by atoms with Crippen LogP contribution in [0.25, 0.3) is 0 Å². The van der Waals surface area contributed by atoms with Crippen LogP contribution < -0.4 is 16.4 Å². The summed E-state index contributed by atoms with van der Waals surface area (Å²) in [6.45, 7) is 6.97. The van der Waals surface area contributed by atoms with Gasteiger partial charge in [0, 0.05) is 39.1 Å². The molecule has 0 atom stereocenters. The molecule has 2 fully saturated rings. The van der Waals surface area contributed by atoms with Crippen molar-refractivity contribution in [2.45, 2.75) is 44.9 Å². The third-order valence-corrected chi connectivity index (χ3v) is 5.07. The maximum Gasteiger partial charge on any atom is 0.220 e. The topological polar surface area (TPSA) is 70.4 Å². The van der Waals surface area contributed by atoms with E-state index in [1.807, 2.05) is 0 Å². The molecule has 0 aromatic carbocycles. The van der Waals surface area contributed by atoms with E-state index >= 15 is 0 Å². The van der Waals surface area contributed by atoms with Crippen molar-refractivity contribution in [3.05, 3.63) is 0 Å². The maximum absolute atomic E-state index is 12.1. The van der Waals surface area contributed by atoms with E-state index < -0.39 is 0 Å². The molecule has 21 heavy (non-hydrogen) atoms. The highest BCUT2D eigenvalue weighted by atomic mass is 16.1. The average molecular weight is 296 g/mol. The van der Waals surface area contributed by atoms with E-state index in [1.165, 1.54) is 19.3 Å². The molecule has 1 amide bonds. The summed E-state index contributed by atoms with van der Waals surface area (Å²) >= 11 is 0. The third-order valence-electron chi connectivity index (χ3n) is 5.07. The predicted molar refractivity (Wildman–Crippen MR) is 86.1 cm³/mol. The Morgan fingerprint density at radius 3 is 2.57 bits per heavy atom. The number of nitrogens with two attached hydrogens (primary N) is 1. The zero-order valence-electron chi connectivity index (χ0n) is 13.3. The minimum Gasteiger partial charge on any atom is -0.356 e. The molecule has 1 aliphatic heterocycles. The van der Waals surface area contributed by atoms with Gasteiger partial charge < -0.3 is 21.3 Å². The summed E-state index contributed by atoms with van der Waals surface area (Å²) in [5.74, 6) is 0.197. The number of hydrogen-bond acceptors (Lipinski definition) is 4. The van der Waals surface area contributed by atoms with Gasteiger partial charge in [0.25, 0.3) is 0 Å². The number of hydrogen-bond donors (Lipinski definition) is 3. The fourth-order valence-corrected chi connectivity index (χ4v) is 3.62. The fourth-order valence-electron chi connectivity index (χ4n) is 3.62. The second kappa shape index (κ2) is 8.71. The van der Waals surface area contributed by atoms with Crippen molar-refractivity contribution in [2.75, 3.05) is 45.8 Å². The molecule has 122 valence electrons. The van der Waals surface area contributed by atoms with Crippen LogP contribution in [-0.2, 0) is 4.79 Å². The Bertz CT molecular complexity index is 309. The zero-order chi connectivity index (χ0) is 15.0. The van der Waals surface area contributed by atoms with E-state index in [-0.39, 0.29) is 11.3 Å². The smallest absolute Gasteiger partial charge is 0.220 e. The van der Waals surface area contributed by atoms with Crippen LogP contribution in [0.15, 0.2) is 0 Å². The Labute approximate surface area is 129 Å². The van der Waals surface area contributed by atoms with Crippen molar-refractivity contribution < 1.29 is 4.79 Å². The first kappa shape index (κ1) is 16.7. The van der Waals surface area contributed by atoms with E-state index in [2.05, 4.69) is 15.5 Å². The Hall–Kier alpha value is -0.650. The van der Waals surface area contributed by atoms with Crippen molar-refractivity contribution in [3.63, 3.8) is 0 Å². The lowest BCUT2D eigenvalue weighted by Crippen LogP contribution is -2.44. The number of carbonyl (C=O) groups excluding carboxylic acids is 1. The molecule has 5 nitrogen and oxygen atoms in total. The summed E-state index contributed by atoms with van der Waals surface area (Å²) in [6, 6.07) is 0. The van der Waals surface area contributed by atoms with Gasteiger partial charge in [0.15, 0.2) is 0 Å². The van der Waals surface area contributed by atoms with Gasteiger partial charge in [-0.1, -0.05) is 19.3 Å². The molecule has 0 aromatic heterocycles. The minimum atomic E-state index is 0.0842. The van der Waals surface area contributed by atoms with Crippen LogP contribution in [0, 0.1) is 5.41 Å². The Morgan fingerprint density at radius 1 is 1.19 bits per heavy atom. The van der Waals surface area contributed by atoms with Gasteiger partial charge in [-0.2, -0.15) is 0 Å². The predicted octanol–water partition coefficient (Wildman–Crippen LogP) is 0.697. The van der Waals surface area contributed by atoms with Crippen molar-refractivity contribution in [1.82, 2.24) is 15.5 Å². The first-order chi connectivity index (χ1) is 10.2. The van der Waals surface area contributed by atoms with E-state index in [4.69, 9.17) is 5.73 Å². The van der Waals surface area contributed by atoms with Gasteiger partial charge in [-0.15, -0.1) is 0 Å². The highest BCUT2D eigenvalue weighted by Crippen LogP contribution is 2.38. The van der Waals surface area contributed by atoms with E-state index in [0.717, 1.165) is 58.5 Å². The minimum absolute atomic E-state index is 0.0842. The lowest BCUT2D eigenvalue weighted by molar-refractivity contribution is -0.123. The van der Waals surface area contributed by atoms with Crippen LogP contribution in [0.4, 0.5) is 0 Å². The average Bonchev–Trinajstić information content (AvgIpc) is 2.53. The van der Waals surface area contributed by atoms with E-state index in [9.17, 15) is 4.79 Å². The molecule has 0 spiro atoms. The van der Waals surface area contributed by atoms with Crippen LogP contribution in [0.2, 0.25) is 0 Å². The zero-order valence-corrected chi connectivity index (χ0v) is 13.3. The standard InChI is InChI=1S/C16H32N4O/c17-14-16(5-2-1-3-6-16)13-15(21)19-7-4-10-20-11-8-18-9-12-20/h18H,1-14,17H2,(H,19,21). The Morgan fingerprint density at radius 2 is 1.90 bits per heavy atom. The molecule has 4 N–H and O–H groups in total. The summed E-state index contributed by atoms with van der Waals surface area (Å²) in [7, 11) is 0. The van der Waals surface area contributed by atoms with Gasteiger partial charge in [0.2, 0.25) is 5.91 Å². The number of carbonyl (C=O) groups is 1. The van der Waals surface area contributed by atoms with Crippen molar-refractivity contribution in [1.29, 1.82) is 0 Å². The highest BCUT2D eigenvalue weighted by Gasteiger charge is 2.32. The third kappa shape index (κ3) is 5.57. The van der Waals surface area contributed by atoms with Crippen LogP contribution in [-0.4, -0.2) is 56.6 Å². The molecule has 0 unspecified atom stereocenters. The second-order valence-electron chi connectivity index (χ2n) is 6.74. The summed E-state index contributed by atoms with van der Waals surface area (Å²) in [6.07, 6.45) is 7.67. The number of nitrogens with zero attached hydrogens (tertiary/aromatic N) is 1. The van der Waals surface area contributed by atoms with Crippen LogP contribution in [0.3, 0.4) is 0 Å². The van der Waals surface area contributed by atoms with Crippen LogP contribution in [0.1, 0.15) is 44.9 Å². The maximum atomic E-state index is 12.1. The van der Waals surface area contributed by atoms with Crippen molar-refractivity contribution in [2.24, 2.45) is 11.1 Å². The summed E-state index contributed by atoms with van der Waals surface area (Å²) in [5.41, 5.74) is 6.03. The van der Waals surface area contributed by atoms with Gasteiger partial charge in [0.1, 0.15) is 0 Å². The number of rotatable bonds is 7. The number of amides is 1.